The fourth-order valence-electron chi connectivity index (χ4n) is 5.37. The minimum atomic E-state index is -0.0687. The third kappa shape index (κ3) is 5.53. The van der Waals surface area contributed by atoms with Gasteiger partial charge in [0.15, 0.2) is 5.82 Å². The third-order valence-electron chi connectivity index (χ3n) is 7.45. The molecule has 4 aromatic carbocycles. The fraction of sp³-hybridized carbons (Fsp3) is 0.212. The Bertz CT molecular complexity index is 1590. The maximum absolute atomic E-state index is 13.2. The Kier molecular flexibility index (Phi) is 7.01. The minimum Gasteiger partial charge on any atom is -0.363 e. The molecule has 1 fully saturated rings. The predicted octanol–water partition coefficient (Wildman–Crippen LogP) is 6.19. The molecule has 0 amide bonds. The van der Waals surface area contributed by atoms with Gasteiger partial charge in [-0.05, 0) is 58.0 Å². The van der Waals surface area contributed by atoms with E-state index in [0.717, 1.165) is 38.0 Å². The maximum Gasteiger partial charge on any atom is 0.293 e. The molecule has 0 aliphatic carbocycles. The minimum absolute atomic E-state index is 0.0687. The Morgan fingerprint density at radius 1 is 0.737 bits per heavy atom. The van der Waals surface area contributed by atoms with Gasteiger partial charge in [-0.2, -0.15) is 0 Å². The molecule has 1 aromatic heterocycles. The lowest BCUT2D eigenvalue weighted by Crippen LogP contribution is -2.40. The number of fused-ring (bicyclic) bond motifs is 1. The Labute approximate surface area is 223 Å². The third-order valence-corrected chi connectivity index (χ3v) is 7.45. The molecule has 0 unspecified atom stereocenters. The second-order valence-electron chi connectivity index (χ2n) is 10.2. The van der Waals surface area contributed by atoms with Crippen LogP contribution in [-0.4, -0.2) is 33.6 Å². The van der Waals surface area contributed by atoms with Crippen LogP contribution in [0.4, 0.5) is 5.82 Å². The number of nitrogens with zero attached hydrogens (tertiary/aromatic N) is 3. The van der Waals surface area contributed by atoms with Crippen molar-refractivity contribution in [2.45, 2.75) is 32.0 Å². The van der Waals surface area contributed by atoms with Crippen molar-refractivity contribution < 1.29 is 0 Å². The standard InChI is InChI=1S/C33H32N4O/c38-33-32(34-17-20-37(33)24-26-13-14-28-10-4-5-11-29(28)22-26)35-31-15-18-36(19-16-31)23-25-7-6-12-30(21-25)27-8-2-1-3-9-27/h1-14,17,20-22,31H,15-16,18-19,23-24H2,(H,34,35). The number of aromatic nitrogens is 2. The smallest absolute Gasteiger partial charge is 0.293 e. The number of benzene rings is 4. The van der Waals surface area contributed by atoms with E-state index in [1.54, 1.807) is 17.0 Å². The van der Waals surface area contributed by atoms with E-state index in [1.165, 1.54) is 27.5 Å². The van der Waals surface area contributed by atoms with Gasteiger partial charge < -0.3 is 9.88 Å². The number of hydrogen-bond acceptors (Lipinski definition) is 4. The van der Waals surface area contributed by atoms with E-state index in [0.29, 0.717) is 12.4 Å². The van der Waals surface area contributed by atoms with Crippen LogP contribution in [0.5, 0.6) is 0 Å². The van der Waals surface area contributed by atoms with E-state index in [2.05, 4.69) is 100 Å². The molecular weight excluding hydrogens is 468 g/mol. The molecule has 1 saturated heterocycles. The van der Waals surface area contributed by atoms with Gasteiger partial charge in [0.1, 0.15) is 0 Å². The van der Waals surface area contributed by atoms with Gasteiger partial charge in [0, 0.05) is 38.1 Å². The molecule has 0 radical (unpaired) electrons. The highest BCUT2D eigenvalue weighted by Crippen LogP contribution is 2.22. The first-order valence-electron chi connectivity index (χ1n) is 13.4. The number of likely N-dealkylation sites (tertiary alicyclic amines) is 1. The van der Waals surface area contributed by atoms with Crippen LogP contribution in [0.3, 0.4) is 0 Å². The molecule has 0 bridgehead atoms. The molecule has 190 valence electrons. The van der Waals surface area contributed by atoms with Crippen LogP contribution in [0.15, 0.2) is 114 Å². The quantitative estimate of drug-likeness (QED) is 0.290. The maximum atomic E-state index is 13.2. The molecule has 5 nitrogen and oxygen atoms in total. The van der Waals surface area contributed by atoms with Crippen LogP contribution in [0.1, 0.15) is 24.0 Å². The molecular formula is C33H32N4O. The van der Waals surface area contributed by atoms with Crippen molar-refractivity contribution in [3.63, 3.8) is 0 Å². The molecule has 1 aliphatic rings. The van der Waals surface area contributed by atoms with Crippen LogP contribution >= 0.6 is 0 Å². The molecule has 0 spiro atoms. The molecule has 38 heavy (non-hydrogen) atoms. The van der Waals surface area contributed by atoms with Gasteiger partial charge >= 0.3 is 0 Å². The van der Waals surface area contributed by atoms with Gasteiger partial charge in [-0.1, -0.05) is 84.9 Å². The van der Waals surface area contributed by atoms with Gasteiger partial charge in [-0.25, -0.2) is 4.98 Å². The van der Waals surface area contributed by atoms with Crippen molar-refractivity contribution >= 4 is 16.6 Å². The number of piperidine rings is 1. The monoisotopic (exact) mass is 500 g/mol. The summed E-state index contributed by atoms with van der Waals surface area (Å²) in [6.45, 7) is 3.45. The normalized spacial score (nSPS) is 14.5. The van der Waals surface area contributed by atoms with Gasteiger partial charge in [0.2, 0.25) is 0 Å². The zero-order valence-electron chi connectivity index (χ0n) is 21.5. The van der Waals surface area contributed by atoms with E-state index in [4.69, 9.17) is 0 Å². The summed E-state index contributed by atoms with van der Waals surface area (Å²) in [6, 6.07) is 34.3. The number of hydrogen-bond donors (Lipinski definition) is 1. The summed E-state index contributed by atoms with van der Waals surface area (Å²) >= 11 is 0. The molecule has 5 aromatic rings. The van der Waals surface area contributed by atoms with Crippen molar-refractivity contribution in [1.82, 2.24) is 14.5 Å². The molecule has 0 saturated carbocycles. The van der Waals surface area contributed by atoms with Crippen molar-refractivity contribution in [3.05, 3.63) is 131 Å². The van der Waals surface area contributed by atoms with Crippen molar-refractivity contribution in [2.75, 3.05) is 18.4 Å². The first-order valence-corrected chi connectivity index (χ1v) is 13.4. The van der Waals surface area contributed by atoms with E-state index < -0.39 is 0 Å². The van der Waals surface area contributed by atoms with Crippen molar-refractivity contribution in [2.24, 2.45) is 0 Å². The Balaban J connectivity index is 1.07. The van der Waals surface area contributed by atoms with Crippen LogP contribution < -0.4 is 10.9 Å². The summed E-state index contributed by atoms with van der Waals surface area (Å²) in [5, 5.41) is 5.84. The summed E-state index contributed by atoms with van der Waals surface area (Å²) in [7, 11) is 0. The van der Waals surface area contributed by atoms with Gasteiger partial charge in [-0.15, -0.1) is 0 Å². The number of nitrogens with one attached hydrogen (secondary N) is 1. The Morgan fingerprint density at radius 2 is 1.47 bits per heavy atom. The second-order valence-corrected chi connectivity index (χ2v) is 10.2. The van der Waals surface area contributed by atoms with Crippen LogP contribution in [0, 0.1) is 0 Å². The molecule has 5 heteroatoms. The lowest BCUT2D eigenvalue weighted by molar-refractivity contribution is 0.211. The predicted molar refractivity (Wildman–Crippen MR) is 155 cm³/mol. The van der Waals surface area contributed by atoms with E-state index in [-0.39, 0.29) is 11.6 Å². The average molecular weight is 501 g/mol. The first kappa shape index (κ1) is 24.1. The second kappa shape index (κ2) is 11.0. The Hall–Kier alpha value is -4.22. The lowest BCUT2D eigenvalue weighted by atomic mass is 10.0. The highest BCUT2D eigenvalue weighted by atomic mass is 16.1. The summed E-state index contributed by atoms with van der Waals surface area (Å²) in [5.74, 6) is 0.447. The molecule has 0 atom stereocenters. The summed E-state index contributed by atoms with van der Waals surface area (Å²) < 4.78 is 1.74. The van der Waals surface area contributed by atoms with E-state index in [9.17, 15) is 4.79 Å². The molecule has 6 rings (SSSR count). The number of anilines is 1. The summed E-state index contributed by atoms with van der Waals surface area (Å²) in [4.78, 5) is 20.1. The lowest BCUT2D eigenvalue weighted by Gasteiger charge is -2.32. The van der Waals surface area contributed by atoms with E-state index in [1.807, 2.05) is 12.1 Å². The van der Waals surface area contributed by atoms with Crippen molar-refractivity contribution in [3.8, 4) is 11.1 Å². The largest absolute Gasteiger partial charge is 0.363 e. The van der Waals surface area contributed by atoms with Crippen LogP contribution in [0.25, 0.3) is 21.9 Å². The zero-order valence-corrected chi connectivity index (χ0v) is 21.5. The highest BCUT2D eigenvalue weighted by molar-refractivity contribution is 5.83. The SMILES string of the molecule is O=c1c(NC2CCN(Cc3cccc(-c4ccccc4)c3)CC2)nccn1Cc1ccc2ccccc2c1. The zero-order chi connectivity index (χ0) is 25.7. The Morgan fingerprint density at radius 3 is 2.32 bits per heavy atom. The van der Waals surface area contributed by atoms with Gasteiger partial charge in [0.25, 0.3) is 5.56 Å². The van der Waals surface area contributed by atoms with Gasteiger partial charge in [-0.3, -0.25) is 9.69 Å². The first-order chi connectivity index (χ1) is 18.7. The topological polar surface area (TPSA) is 50.2 Å². The van der Waals surface area contributed by atoms with Crippen molar-refractivity contribution in [1.29, 1.82) is 0 Å². The summed E-state index contributed by atoms with van der Waals surface area (Å²) in [5.41, 5.74) is 4.88. The molecule has 2 heterocycles. The molecule has 1 aliphatic heterocycles. The molecule has 1 N–H and O–H groups in total. The highest BCUT2D eigenvalue weighted by Gasteiger charge is 2.21. The average Bonchev–Trinajstić information content (AvgIpc) is 2.97. The van der Waals surface area contributed by atoms with Crippen LogP contribution in [0.2, 0.25) is 0 Å². The van der Waals surface area contributed by atoms with Gasteiger partial charge in [0.05, 0.1) is 6.54 Å². The van der Waals surface area contributed by atoms with Crippen LogP contribution in [-0.2, 0) is 13.1 Å². The number of rotatable bonds is 7. The van der Waals surface area contributed by atoms with E-state index >= 15 is 0 Å². The fourth-order valence-corrected chi connectivity index (χ4v) is 5.37. The summed E-state index contributed by atoms with van der Waals surface area (Å²) in [6.07, 6.45) is 5.46.